The summed E-state index contributed by atoms with van der Waals surface area (Å²) < 4.78 is 4.66. The first-order valence-electron chi connectivity index (χ1n) is 7.89. The van der Waals surface area contributed by atoms with Crippen molar-refractivity contribution < 1.29 is 14.3 Å². The van der Waals surface area contributed by atoms with E-state index in [4.69, 9.17) is 0 Å². The second kappa shape index (κ2) is 8.54. The highest BCUT2D eigenvalue weighted by molar-refractivity contribution is 5.97. The van der Waals surface area contributed by atoms with Gasteiger partial charge in [-0.3, -0.25) is 4.79 Å². The maximum absolute atomic E-state index is 12.1. The van der Waals surface area contributed by atoms with E-state index in [1.165, 1.54) is 39.5 Å². The van der Waals surface area contributed by atoms with Gasteiger partial charge in [-0.1, -0.05) is 12.5 Å². The Morgan fingerprint density at radius 2 is 1.91 bits per heavy atom. The molecule has 0 spiro atoms. The Kier molecular flexibility index (Phi) is 6.40. The average Bonchev–Trinajstić information content (AvgIpc) is 2.59. The first kappa shape index (κ1) is 16.5. The molecule has 0 atom stereocenters. The van der Waals surface area contributed by atoms with E-state index in [0.29, 0.717) is 17.7 Å². The van der Waals surface area contributed by atoms with E-state index < -0.39 is 5.97 Å². The van der Waals surface area contributed by atoms with Gasteiger partial charge in [-0.15, -0.1) is 0 Å². The molecule has 1 amide bonds. The van der Waals surface area contributed by atoms with Crippen LogP contribution in [0, 0.1) is 0 Å². The molecule has 22 heavy (non-hydrogen) atoms. The van der Waals surface area contributed by atoms with Gasteiger partial charge in [0.05, 0.1) is 12.7 Å². The number of hydrogen-bond acceptors (Lipinski definition) is 4. The second-order valence-electron chi connectivity index (χ2n) is 5.58. The van der Waals surface area contributed by atoms with Gasteiger partial charge in [-0.05, 0) is 57.1 Å². The van der Waals surface area contributed by atoms with Crippen LogP contribution in [0.25, 0.3) is 0 Å². The lowest BCUT2D eigenvalue weighted by atomic mass is 10.1. The summed E-state index contributed by atoms with van der Waals surface area (Å²) >= 11 is 0. The number of nitrogens with one attached hydrogen (secondary N) is 1. The molecule has 1 aliphatic rings. The van der Waals surface area contributed by atoms with Crippen LogP contribution in [-0.4, -0.2) is 50.1 Å². The number of esters is 1. The molecule has 0 aromatic heterocycles. The predicted octanol–water partition coefficient (Wildman–Crippen LogP) is 2.08. The molecule has 1 aliphatic heterocycles. The van der Waals surface area contributed by atoms with E-state index in [2.05, 4.69) is 15.0 Å². The third-order valence-electron chi connectivity index (χ3n) is 3.93. The molecular formula is C17H24N2O3. The molecule has 0 aliphatic carbocycles. The quantitative estimate of drug-likeness (QED) is 0.646. The van der Waals surface area contributed by atoms with Gasteiger partial charge in [-0.25, -0.2) is 4.79 Å². The Hall–Kier alpha value is -1.88. The predicted molar refractivity (Wildman–Crippen MR) is 85.0 cm³/mol. The van der Waals surface area contributed by atoms with Crippen LogP contribution in [-0.2, 0) is 4.74 Å². The first-order chi connectivity index (χ1) is 10.7. The zero-order valence-electron chi connectivity index (χ0n) is 13.1. The molecule has 0 radical (unpaired) electrons. The molecule has 120 valence electrons. The van der Waals surface area contributed by atoms with Crippen LogP contribution in [0.4, 0.5) is 0 Å². The number of hydrogen-bond donors (Lipinski definition) is 1. The summed E-state index contributed by atoms with van der Waals surface area (Å²) in [5, 5.41) is 2.90. The molecule has 1 N–H and O–H groups in total. The molecule has 1 saturated heterocycles. The lowest BCUT2D eigenvalue weighted by molar-refractivity contribution is 0.0600. The van der Waals surface area contributed by atoms with E-state index >= 15 is 0 Å². The Morgan fingerprint density at radius 3 is 2.64 bits per heavy atom. The molecule has 5 heteroatoms. The fraction of sp³-hybridized carbons (Fsp3) is 0.529. The first-order valence-corrected chi connectivity index (χ1v) is 7.89. The van der Waals surface area contributed by atoms with Crippen LogP contribution >= 0.6 is 0 Å². The van der Waals surface area contributed by atoms with Crippen molar-refractivity contribution in [1.82, 2.24) is 10.2 Å². The Morgan fingerprint density at radius 1 is 1.18 bits per heavy atom. The number of ether oxygens (including phenoxy) is 1. The maximum atomic E-state index is 12.1. The summed E-state index contributed by atoms with van der Waals surface area (Å²) in [6.07, 6.45) is 4.85. The van der Waals surface area contributed by atoms with Crippen molar-refractivity contribution in [3.05, 3.63) is 35.4 Å². The molecule has 2 rings (SSSR count). The SMILES string of the molecule is COC(=O)c1cccc(C(=O)NCCCN2CCCCC2)c1. The van der Waals surface area contributed by atoms with E-state index in [1.54, 1.807) is 24.3 Å². The summed E-state index contributed by atoms with van der Waals surface area (Å²) in [5.74, 6) is -0.579. The lowest BCUT2D eigenvalue weighted by Gasteiger charge is -2.26. The van der Waals surface area contributed by atoms with E-state index in [1.807, 2.05) is 0 Å². The standard InChI is InChI=1S/C17H24N2O3/c1-22-17(21)15-8-5-7-14(13-15)16(20)18-9-6-12-19-10-3-2-4-11-19/h5,7-8,13H,2-4,6,9-12H2,1H3,(H,18,20). The minimum Gasteiger partial charge on any atom is -0.465 e. The van der Waals surface area contributed by atoms with Crippen LogP contribution < -0.4 is 5.32 Å². The normalized spacial score (nSPS) is 15.3. The minimum absolute atomic E-state index is 0.149. The smallest absolute Gasteiger partial charge is 0.337 e. The van der Waals surface area contributed by atoms with Crippen molar-refractivity contribution in [2.45, 2.75) is 25.7 Å². The lowest BCUT2D eigenvalue weighted by Crippen LogP contribution is -2.33. The average molecular weight is 304 g/mol. The topological polar surface area (TPSA) is 58.6 Å². The number of benzene rings is 1. The highest BCUT2D eigenvalue weighted by atomic mass is 16.5. The molecule has 1 aromatic carbocycles. The third-order valence-corrected chi connectivity index (χ3v) is 3.93. The van der Waals surface area contributed by atoms with Gasteiger partial charge in [0.1, 0.15) is 0 Å². The van der Waals surface area contributed by atoms with E-state index in [-0.39, 0.29) is 5.91 Å². The van der Waals surface area contributed by atoms with E-state index in [9.17, 15) is 9.59 Å². The zero-order chi connectivity index (χ0) is 15.8. The molecule has 1 aromatic rings. The van der Waals surface area contributed by atoms with Gasteiger partial charge in [0.2, 0.25) is 0 Å². The van der Waals surface area contributed by atoms with Crippen LogP contribution in [0.2, 0.25) is 0 Å². The van der Waals surface area contributed by atoms with Crippen LogP contribution in [0.5, 0.6) is 0 Å². The summed E-state index contributed by atoms with van der Waals surface area (Å²) in [5.41, 5.74) is 0.879. The Bertz CT molecular complexity index is 510. The molecule has 0 bridgehead atoms. The molecule has 1 heterocycles. The van der Waals surface area contributed by atoms with Gasteiger partial charge in [0.15, 0.2) is 0 Å². The maximum Gasteiger partial charge on any atom is 0.337 e. The molecular weight excluding hydrogens is 280 g/mol. The summed E-state index contributed by atoms with van der Waals surface area (Å²) in [6, 6.07) is 6.59. The van der Waals surface area contributed by atoms with Crippen molar-refractivity contribution in [2.24, 2.45) is 0 Å². The van der Waals surface area contributed by atoms with Gasteiger partial charge < -0.3 is 15.0 Å². The number of carbonyl (C=O) groups excluding carboxylic acids is 2. The van der Waals surface area contributed by atoms with E-state index in [0.717, 1.165) is 13.0 Å². The van der Waals surface area contributed by atoms with Gasteiger partial charge in [0.25, 0.3) is 5.91 Å². The number of methoxy groups -OCH3 is 1. The Balaban J connectivity index is 1.76. The largest absolute Gasteiger partial charge is 0.465 e. The number of nitrogens with zero attached hydrogens (tertiary/aromatic N) is 1. The monoisotopic (exact) mass is 304 g/mol. The van der Waals surface area contributed by atoms with Crippen molar-refractivity contribution in [3.8, 4) is 0 Å². The summed E-state index contributed by atoms with van der Waals surface area (Å²) in [6.45, 7) is 4.03. The Labute approximate surface area is 131 Å². The van der Waals surface area contributed by atoms with Crippen LogP contribution in [0.1, 0.15) is 46.4 Å². The van der Waals surface area contributed by atoms with Crippen molar-refractivity contribution >= 4 is 11.9 Å². The highest BCUT2D eigenvalue weighted by Crippen LogP contribution is 2.09. The van der Waals surface area contributed by atoms with Crippen LogP contribution in [0.3, 0.4) is 0 Å². The number of likely N-dealkylation sites (tertiary alicyclic amines) is 1. The fourth-order valence-electron chi connectivity index (χ4n) is 2.69. The number of rotatable bonds is 6. The molecule has 1 fully saturated rings. The van der Waals surface area contributed by atoms with Crippen molar-refractivity contribution in [3.63, 3.8) is 0 Å². The summed E-state index contributed by atoms with van der Waals surface area (Å²) in [7, 11) is 1.33. The molecule has 0 saturated carbocycles. The third kappa shape index (κ3) is 4.84. The molecule has 5 nitrogen and oxygen atoms in total. The van der Waals surface area contributed by atoms with Crippen molar-refractivity contribution in [1.29, 1.82) is 0 Å². The number of amides is 1. The van der Waals surface area contributed by atoms with Gasteiger partial charge in [-0.2, -0.15) is 0 Å². The second-order valence-corrected chi connectivity index (χ2v) is 5.58. The highest BCUT2D eigenvalue weighted by Gasteiger charge is 2.11. The number of carbonyl (C=O) groups is 2. The summed E-state index contributed by atoms with van der Waals surface area (Å²) in [4.78, 5) is 26.0. The van der Waals surface area contributed by atoms with Crippen molar-refractivity contribution in [2.75, 3.05) is 33.3 Å². The van der Waals surface area contributed by atoms with Gasteiger partial charge >= 0.3 is 5.97 Å². The molecule has 0 unspecified atom stereocenters. The van der Waals surface area contributed by atoms with Crippen LogP contribution in [0.15, 0.2) is 24.3 Å². The number of piperidine rings is 1. The van der Waals surface area contributed by atoms with Gasteiger partial charge in [0, 0.05) is 12.1 Å². The fourth-order valence-corrected chi connectivity index (χ4v) is 2.69. The minimum atomic E-state index is -0.431. The zero-order valence-corrected chi connectivity index (χ0v) is 13.1.